The molecule has 0 amide bonds. The molecule has 1 unspecified atom stereocenters. The summed E-state index contributed by atoms with van der Waals surface area (Å²) < 4.78 is 88.0. The van der Waals surface area contributed by atoms with Gasteiger partial charge in [0.2, 0.25) is 0 Å². The lowest BCUT2D eigenvalue weighted by Gasteiger charge is -2.25. The molecule has 0 bridgehead atoms. The first-order valence-corrected chi connectivity index (χ1v) is 4.96. The lowest BCUT2D eigenvalue weighted by atomic mass is 10.0. The zero-order valence-electron chi connectivity index (χ0n) is 8.76. The molecule has 0 N–H and O–H groups in total. The first-order valence-electron chi connectivity index (χ1n) is 4.52. The summed E-state index contributed by atoms with van der Waals surface area (Å²) in [5.41, 5.74) is -1.38. The van der Waals surface area contributed by atoms with E-state index in [0.29, 0.717) is 6.07 Å². The van der Waals surface area contributed by atoms with Crippen molar-refractivity contribution in [1.82, 2.24) is 0 Å². The maximum Gasteiger partial charge on any atom is 0.455 e. The predicted molar refractivity (Wildman–Crippen MR) is 50.7 cm³/mol. The molecule has 8 heteroatoms. The molecular formula is C10H6ClF7. The van der Waals surface area contributed by atoms with Crippen LogP contribution in [0.5, 0.6) is 0 Å². The molecule has 0 aliphatic heterocycles. The third kappa shape index (κ3) is 2.55. The smallest absolute Gasteiger partial charge is 0.207 e. The number of hydrogen-bond donors (Lipinski definition) is 0. The SMILES string of the molecule is Cc1cc(C(Cl)C(F)(F)C(F)(F)F)c(F)cc1F. The minimum atomic E-state index is -5.92. The van der Waals surface area contributed by atoms with Gasteiger partial charge in [-0.2, -0.15) is 22.0 Å². The third-order valence-corrected chi connectivity index (χ3v) is 2.76. The molecule has 1 aromatic rings. The largest absolute Gasteiger partial charge is 0.455 e. The highest BCUT2D eigenvalue weighted by Crippen LogP contribution is 2.48. The van der Waals surface area contributed by atoms with Crippen LogP contribution in [0.3, 0.4) is 0 Å². The molecule has 0 saturated carbocycles. The fourth-order valence-corrected chi connectivity index (χ4v) is 1.50. The summed E-state index contributed by atoms with van der Waals surface area (Å²) in [6.07, 6.45) is -5.92. The molecule has 0 aliphatic carbocycles. The second kappa shape index (κ2) is 4.60. The summed E-state index contributed by atoms with van der Waals surface area (Å²) in [5.74, 6) is -7.93. The average molecular weight is 295 g/mol. The molecular weight excluding hydrogens is 289 g/mol. The summed E-state index contributed by atoms with van der Waals surface area (Å²) >= 11 is 4.98. The van der Waals surface area contributed by atoms with Crippen molar-refractivity contribution < 1.29 is 30.7 Å². The molecule has 0 radical (unpaired) electrons. The van der Waals surface area contributed by atoms with Gasteiger partial charge in [0.15, 0.2) is 0 Å². The van der Waals surface area contributed by atoms with E-state index in [1.807, 2.05) is 0 Å². The van der Waals surface area contributed by atoms with E-state index < -0.39 is 34.7 Å². The molecule has 18 heavy (non-hydrogen) atoms. The first kappa shape index (κ1) is 15.1. The van der Waals surface area contributed by atoms with Crippen molar-refractivity contribution in [2.45, 2.75) is 24.4 Å². The Labute approximate surface area is 102 Å². The normalized spacial score (nSPS) is 14.7. The van der Waals surface area contributed by atoms with E-state index in [1.165, 1.54) is 0 Å². The van der Waals surface area contributed by atoms with Gasteiger partial charge in [0, 0.05) is 11.6 Å². The van der Waals surface area contributed by atoms with E-state index in [9.17, 15) is 30.7 Å². The van der Waals surface area contributed by atoms with Crippen molar-refractivity contribution in [2.75, 3.05) is 0 Å². The van der Waals surface area contributed by atoms with Gasteiger partial charge >= 0.3 is 12.1 Å². The van der Waals surface area contributed by atoms with Crippen molar-refractivity contribution in [3.8, 4) is 0 Å². The molecule has 0 aliphatic rings. The number of rotatable bonds is 2. The number of hydrogen-bond acceptors (Lipinski definition) is 0. The Morgan fingerprint density at radius 3 is 1.94 bits per heavy atom. The Morgan fingerprint density at radius 2 is 1.50 bits per heavy atom. The highest BCUT2D eigenvalue weighted by atomic mass is 35.5. The van der Waals surface area contributed by atoms with Gasteiger partial charge in [-0.1, -0.05) is 0 Å². The van der Waals surface area contributed by atoms with Gasteiger partial charge in [0.05, 0.1) is 0 Å². The summed E-state index contributed by atoms with van der Waals surface area (Å²) in [5, 5.41) is -2.96. The molecule has 0 fully saturated rings. The van der Waals surface area contributed by atoms with Gasteiger partial charge in [0.25, 0.3) is 0 Å². The first-order chi connectivity index (χ1) is 7.98. The van der Waals surface area contributed by atoms with E-state index in [1.54, 1.807) is 0 Å². The molecule has 1 atom stereocenters. The molecule has 0 saturated heterocycles. The Hall–Kier alpha value is -0.980. The van der Waals surface area contributed by atoms with E-state index in [2.05, 4.69) is 0 Å². The topological polar surface area (TPSA) is 0 Å². The van der Waals surface area contributed by atoms with Crippen molar-refractivity contribution in [1.29, 1.82) is 0 Å². The van der Waals surface area contributed by atoms with Crippen LogP contribution in [-0.2, 0) is 0 Å². The van der Waals surface area contributed by atoms with Crippen molar-refractivity contribution in [3.05, 3.63) is 34.9 Å². The summed E-state index contributed by atoms with van der Waals surface area (Å²) in [6.45, 7) is 1.09. The van der Waals surface area contributed by atoms with Crippen molar-refractivity contribution in [3.63, 3.8) is 0 Å². The monoisotopic (exact) mass is 294 g/mol. The zero-order chi connectivity index (χ0) is 14.3. The molecule has 1 aromatic carbocycles. The lowest BCUT2D eigenvalue weighted by molar-refractivity contribution is -0.283. The van der Waals surface area contributed by atoms with Crippen molar-refractivity contribution in [2.24, 2.45) is 0 Å². The van der Waals surface area contributed by atoms with Crippen LogP contribution in [0.4, 0.5) is 30.7 Å². The molecule has 102 valence electrons. The van der Waals surface area contributed by atoms with Crippen LogP contribution in [-0.4, -0.2) is 12.1 Å². The van der Waals surface area contributed by atoms with E-state index >= 15 is 0 Å². The molecule has 0 heterocycles. The lowest BCUT2D eigenvalue weighted by Crippen LogP contribution is -2.40. The Balaban J connectivity index is 3.27. The summed E-state index contributed by atoms with van der Waals surface area (Å²) in [6, 6.07) is 0.745. The maximum atomic E-state index is 13.2. The van der Waals surface area contributed by atoms with Crippen LogP contribution in [0.1, 0.15) is 16.5 Å². The van der Waals surface area contributed by atoms with Crippen LogP contribution < -0.4 is 0 Å². The third-order valence-electron chi connectivity index (χ3n) is 2.25. The highest BCUT2D eigenvalue weighted by Gasteiger charge is 2.62. The van der Waals surface area contributed by atoms with Crippen LogP contribution in [0.15, 0.2) is 12.1 Å². The van der Waals surface area contributed by atoms with E-state index in [4.69, 9.17) is 11.6 Å². The number of aryl methyl sites for hydroxylation is 1. The van der Waals surface area contributed by atoms with Gasteiger partial charge in [0.1, 0.15) is 17.0 Å². The zero-order valence-corrected chi connectivity index (χ0v) is 9.51. The average Bonchev–Trinajstić information content (AvgIpc) is 2.20. The fourth-order valence-electron chi connectivity index (χ4n) is 1.21. The standard InChI is InChI=1S/C10H6ClF7/c1-4-2-5(7(13)3-6(4)12)8(11)9(14,15)10(16,17)18/h2-3,8H,1H3. The van der Waals surface area contributed by atoms with Crippen LogP contribution in [0.25, 0.3) is 0 Å². The minimum Gasteiger partial charge on any atom is -0.207 e. The fraction of sp³-hybridized carbons (Fsp3) is 0.400. The summed E-state index contributed by atoms with van der Waals surface area (Å²) in [4.78, 5) is 0. The Kier molecular flexibility index (Phi) is 3.86. The van der Waals surface area contributed by atoms with Gasteiger partial charge in [-0.15, -0.1) is 11.6 Å². The minimum absolute atomic E-state index is 0.215. The van der Waals surface area contributed by atoms with Crippen LogP contribution in [0.2, 0.25) is 0 Å². The van der Waals surface area contributed by atoms with Crippen LogP contribution >= 0.6 is 11.6 Å². The summed E-state index contributed by atoms with van der Waals surface area (Å²) in [7, 11) is 0. The second-order valence-corrected chi connectivity index (χ2v) is 4.04. The molecule has 1 rings (SSSR count). The van der Waals surface area contributed by atoms with Crippen LogP contribution in [0, 0.1) is 18.6 Å². The molecule has 0 aromatic heterocycles. The van der Waals surface area contributed by atoms with E-state index in [0.717, 1.165) is 6.92 Å². The number of halogens is 8. The number of alkyl halides is 6. The van der Waals surface area contributed by atoms with Gasteiger partial charge in [-0.3, -0.25) is 0 Å². The van der Waals surface area contributed by atoms with Gasteiger partial charge in [-0.25, -0.2) is 8.78 Å². The second-order valence-electron chi connectivity index (χ2n) is 3.61. The maximum absolute atomic E-state index is 13.2. The molecule has 0 spiro atoms. The predicted octanol–water partition coefficient (Wildman–Crippen LogP) is 4.75. The van der Waals surface area contributed by atoms with Gasteiger partial charge in [-0.05, 0) is 18.6 Å². The highest BCUT2D eigenvalue weighted by molar-refractivity contribution is 6.21. The number of benzene rings is 1. The molecule has 0 nitrogen and oxygen atoms in total. The quantitative estimate of drug-likeness (QED) is 0.545. The Bertz CT molecular complexity index is 452. The Morgan fingerprint density at radius 1 is 1.00 bits per heavy atom. The van der Waals surface area contributed by atoms with E-state index in [-0.39, 0.29) is 11.6 Å². The van der Waals surface area contributed by atoms with Crippen molar-refractivity contribution >= 4 is 11.6 Å². The van der Waals surface area contributed by atoms with Gasteiger partial charge < -0.3 is 0 Å².